The number of piperidine rings is 1. The van der Waals surface area contributed by atoms with Crippen molar-refractivity contribution in [3.63, 3.8) is 0 Å². The maximum atomic E-state index is 14.4. The lowest BCUT2D eigenvalue weighted by Gasteiger charge is -2.34. The van der Waals surface area contributed by atoms with E-state index in [1.54, 1.807) is 23.5 Å². The van der Waals surface area contributed by atoms with Crippen molar-refractivity contribution in [2.24, 2.45) is 0 Å². The summed E-state index contributed by atoms with van der Waals surface area (Å²) in [6.45, 7) is 0. The van der Waals surface area contributed by atoms with Crippen molar-refractivity contribution >= 4 is 22.4 Å². The van der Waals surface area contributed by atoms with Gasteiger partial charge in [-0.25, -0.2) is 14.2 Å². The number of carbonyl (C=O) groups is 1. The summed E-state index contributed by atoms with van der Waals surface area (Å²) < 4.78 is 19.0. The number of carbonyl (C=O) groups excluding carboxylic acids is 1. The van der Waals surface area contributed by atoms with Crippen LogP contribution in [0.2, 0.25) is 0 Å². The van der Waals surface area contributed by atoms with Crippen molar-refractivity contribution < 1.29 is 13.9 Å². The Balaban J connectivity index is 1.62. The van der Waals surface area contributed by atoms with Crippen molar-refractivity contribution in [3.8, 4) is 11.3 Å². The van der Waals surface area contributed by atoms with Crippen LogP contribution in [0.25, 0.3) is 11.3 Å². The molecule has 1 unspecified atom stereocenters. The van der Waals surface area contributed by atoms with Gasteiger partial charge >= 0.3 is 5.97 Å². The lowest BCUT2D eigenvalue weighted by molar-refractivity contribution is 0.0600. The van der Waals surface area contributed by atoms with E-state index >= 15 is 0 Å². The van der Waals surface area contributed by atoms with E-state index in [0.717, 1.165) is 5.13 Å². The second kappa shape index (κ2) is 6.16. The molecule has 0 radical (unpaired) electrons. The lowest BCUT2D eigenvalue weighted by atomic mass is 10.0. The zero-order valence-electron chi connectivity index (χ0n) is 13.5. The number of nitrogens with zero attached hydrogens (tertiary/aromatic N) is 2. The maximum absolute atomic E-state index is 14.4. The van der Waals surface area contributed by atoms with Crippen LogP contribution in [0.1, 0.15) is 42.5 Å². The zero-order chi connectivity index (χ0) is 16.7. The van der Waals surface area contributed by atoms with Gasteiger partial charge in [-0.15, -0.1) is 11.3 Å². The lowest BCUT2D eigenvalue weighted by Crippen LogP contribution is -2.39. The number of anilines is 1. The monoisotopic (exact) mass is 346 g/mol. The van der Waals surface area contributed by atoms with Gasteiger partial charge in [0.1, 0.15) is 5.82 Å². The highest BCUT2D eigenvalue weighted by Gasteiger charge is 2.37. The summed E-state index contributed by atoms with van der Waals surface area (Å²) in [6.07, 6.45) is 6.23. The van der Waals surface area contributed by atoms with Crippen molar-refractivity contribution in [1.82, 2.24) is 4.98 Å². The fourth-order valence-electron chi connectivity index (χ4n) is 3.90. The van der Waals surface area contributed by atoms with Gasteiger partial charge in [-0.3, -0.25) is 0 Å². The third-order valence-electron chi connectivity index (χ3n) is 5.07. The van der Waals surface area contributed by atoms with Crippen LogP contribution in [-0.2, 0) is 4.74 Å². The van der Waals surface area contributed by atoms with E-state index < -0.39 is 11.8 Å². The molecule has 0 spiro atoms. The van der Waals surface area contributed by atoms with Crippen LogP contribution in [0.5, 0.6) is 0 Å². The Morgan fingerprint density at radius 3 is 2.71 bits per heavy atom. The van der Waals surface area contributed by atoms with Gasteiger partial charge in [0, 0.05) is 23.0 Å². The van der Waals surface area contributed by atoms with Gasteiger partial charge in [-0.1, -0.05) is 0 Å². The standard InChI is InChI=1S/C18H19FN2O2S/c1-23-17(22)11-5-8-14(15(19)9-11)16-10-24-18(20-16)21-12-3-2-4-13(21)7-6-12/h5,8-10,12-13H,2-4,6-7H2,1H3/t12-,13?/m0/s1. The molecule has 2 bridgehead atoms. The van der Waals surface area contributed by atoms with Crippen LogP contribution in [0.15, 0.2) is 23.6 Å². The topological polar surface area (TPSA) is 42.4 Å². The molecule has 2 atom stereocenters. The molecule has 2 aliphatic rings. The summed E-state index contributed by atoms with van der Waals surface area (Å²) in [4.78, 5) is 18.6. The molecule has 2 fully saturated rings. The number of esters is 1. The minimum absolute atomic E-state index is 0.211. The van der Waals surface area contributed by atoms with Crippen LogP contribution in [0.3, 0.4) is 0 Å². The average Bonchev–Trinajstić information content (AvgIpc) is 3.16. The van der Waals surface area contributed by atoms with Crippen LogP contribution >= 0.6 is 11.3 Å². The SMILES string of the molecule is COC(=O)c1ccc(-c2csc(N3C4CCC[C@H]3CC4)n2)c(F)c1. The number of ether oxygens (including phenoxy) is 1. The molecule has 0 aliphatic carbocycles. The molecule has 2 aliphatic heterocycles. The Morgan fingerprint density at radius 2 is 2.04 bits per heavy atom. The Bertz CT molecular complexity index is 760. The molecular weight excluding hydrogens is 327 g/mol. The second-order valence-electron chi connectivity index (χ2n) is 6.42. The average molecular weight is 346 g/mol. The first kappa shape index (κ1) is 15.6. The van der Waals surface area contributed by atoms with Crippen molar-refractivity contribution in [1.29, 1.82) is 0 Å². The third kappa shape index (κ3) is 2.59. The summed E-state index contributed by atoms with van der Waals surface area (Å²) in [5.41, 5.74) is 1.27. The molecule has 0 amide bonds. The molecule has 1 aromatic carbocycles. The highest BCUT2D eigenvalue weighted by molar-refractivity contribution is 7.14. The van der Waals surface area contributed by atoms with Gasteiger partial charge in [0.2, 0.25) is 0 Å². The van der Waals surface area contributed by atoms with E-state index in [1.807, 2.05) is 5.38 Å². The number of fused-ring (bicyclic) bond motifs is 2. The van der Waals surface area contributed by atoms with Gasteiger partial charge in [-0.05, 0) is 50.3 Å². The highest BCUT2D eigenvalue weighted by atomic mass is 32.1. The fourth-order valence-corrected chi connectivity index (χ4v) is 4.87. The van der Waals surface area contributed by atoms with Gasteiger partial charge in [0.05, 0.1) is 18.4 Å². The number of thiazole rings is 1. The van der Waals surface area contributed by atoms with Crippen LogP contribution in [0.4, 0.5) is 9.52 Å². The van der Waals surface area contributed by atoms with E-state index in [9.17, 15) is 9.18 Å². The number of halogens is 1. The molecule has 3 heterocycles. The van der Waals surface area contributed by atoms with Crippen LogP contribution in [0, 0.1) is 5.82 Å². The van der Waals surface area contributed by atoms with E-state index in [4.69, 9.17) is 0 Å². The number of methoxy groups -OCH3 is 1. The minimum atomic E-state index is -0.538. The van der Waals surface area contributed by atoms with Gasteiger partial charge in [0.15, 0.2) is 5.13 Å². The molecule has 0 saturated carbocycles. The van der Waals surface area contributed by atoms with E-state index in [-0.39, 0.29) is 5.56 Å². The molecule has 1 aromatic heterocycles. The number of benzene rings is 1. The summed E-state index contributed by atoms with van der Waals surface area (Å²) in [5.74, 6) is -0.985. The molecule has 24 heavy (non-hydrogen) atoms. The maximum Gasteiger partial charge on any atom is 0.337 e. The third-order valence-corrected chi connectivity index (χ3v) is 5.93. The summed E-state index contributed by atoms with van der Waals surface area (Å²) in [5, 5.41) is 2.90. The molecule has 6 heteroatoms. The van der Waals surface area contributed by atoms with Crippen molar-refractivity contribution in [2.45, 2.75) is 44.2 Å². The predicted molar refractivity (Wildman–Crippen MR) is 92.0 cm³/mol. The summed E-state index contributed by atoms with van der Waals surface area (Å²) in [7, 11) is 1.29. The Hall–Kier alpha value is -1.95. The van der Waals surface area contributed by atoms with Gasteiger partial charge in [0.25, 0.3) is 0 Å². The first-order chi connectivity index (χ1) is 11.7. The van der Waals surface area contributed by atoms with E-state index in [1.165, 1.54) is 45.3 Å². The molecular formula is C18H19FN2O2S. The van der Waals surface area contributed by atoms with Gasteiger partial charge in [-0.2, -0.15) is 0 Å². The Morgan fingerprint density at radius 1 is 1.29 bits per heavy atom. The molecule has 2 saturated heterocycles. The minimum Gasteiger partial charge on any atom is -0.465 e. The number of hydrogen-bond donors (Lipinski definition) is 0. The molecule has 0 N–H and O–H groups in total. The van der Waals surface area contributed by atoms with Gasteiger partial charge < -0.3 is 9.64 Å². The molecule has 2 aromatic rings. The zero-order valence-corrected chi connectivity index (χ0v) is 14.3. The van der Waals surface area contributed by atoms with E-state index in [0.29, 0.717) is 23.3 Å². The Labute approximate surface area is 144 Å². The number of hydrogen-bond acceptors (Lipinski definition) is 5. The normalized spacial score (nSPS) is 22.7. The molecule has 4 nitrogen and oxygen atoms in total. The van der Waals surface area contributed by atoms with Crippen LogP contribution in [-0.4, -0.2) is 30.1 Å². The largest absolute Gasteiger partial charge is 0.465 e. The predicted octanol–water partition coefficient (Wildman–Crippen LogP) is 4.26. The number of rotatable bonds is 3. The summed E-state index contributed by atoms with van der Waals surface area (Å²) in [6, 6.07) is 5.58. The first-order valence-electron chi connectivity index (χ1n) is 8.29. The number of aromatic nitrogens is 1. The first-order valence-corrected chi connectivity index (χ1v) is 9.17. The summed E-state index contributed by atoms with van der Waals surface area (Å²) >= 11 is 1.58. The Kier molecular flexibility index (Phi) is 4.00. The molecule has 4 rings (SSSR count). The second-order valence-corrected chi connectivity index (χ2v) is 7.26. The van der Waals surface area contributed by atoms with Crippen molar-refractivity contribution in [2.75, 3.05) is 12.0 Å². The fraction of sp³-hybridized carbons (Fsp3) is 0.444. The van der Waals surface area contributed by atoms with Crippen molar-refractivity contribution in [3.05, 3.63) is 35.0 Å². The highest BCUT2D eigenvalue weighted by Crippen LogP contribution is 2.41. The van der Waals surface area contributed by atoms with Crippen LogP contribution < -0.4 is 4.90 Å². The molecule has 126 valence electrons. The van der Waals surface area contributed by atoms with E-state index in [2.05, 4.69) is 14.6 Å². The quantitative estimate of drug-likeness (QED) is 0.779. The smallest absolute Gasteiger partial charge is 0.337 e.